The van der Waals surface area contributed by atoms with Crippen LogP contribution < -0.4 is 4.74 Å². The smallest absolute Gasteiger partial charge is 0.129 e. The Hall–Kier alpha value is -1.31. The highest BCUT2D eigenvalue weighted by Crippen LogP contribution is 2.35. The van der Waals surface area contributed by atoms with Crippen molar-refractivity contribution in [3.63, 3.8) is 0 Å². The predicted octanol–water partition coefficient (Wildman–Crippen LogP) is 2.92. The largest absolute Gasteiger partial charge is 0.493 e. The van der Waals surface area contributed by atoms with Crippen molar-refractivity contribution in [2.24, 2.45) is 0 Å². The third-order valence-electron chi connectivity index (χ3n) is 2.93. The molecule has 2 heteroatoms. The summed E-state index contributed by atoms with van der Waals surface area (Å²) in [7, 11) is 0. The second-order valence-corrected chi connectivity index (χ2v) is 4.11. The minimum atomic E-state index is 0.277. The van der Waals surface area contributed by atoms with E-state index < -0.39 is 0 Å². The molecule has 80 valence electrons. The summed E-state index contributed by atoms with van der Waals surface area (Å²) in [4.78, 5) is 11.0. The zero-order valence-electron chi connectivity index (χ0n) is 9.03. The van der Waals surface area contributed by atoms with E-state index in [0.29, 0.717) is 12.3 Å². The molecule has 15 heavy (non-hydrogen) atoms. The number of carbonyl (C=O) groups is 1. The fraction of sp³-hybridized carbons (Fsp3) is 0.462. The van der Waals surface area contributed by atoms with Crippen LogP contribution in [0.1, 0.15) is 37.7 Å². The van der Waals surface area contributed by atoms with E-state index in [9.17, 15) is 4.79 Å². The summed E-state index contributed by atoms with van der Waals surface area (Å²) >= 11 is 0. The first-order chi connectivity index (χ1) is 7.27. The molecular formula is C13H16O2. The van der Waals surface area contributed by atoms with Crippen molar-refractivity contribution in [1.29, 1.82) is 0 Å². The van der Waals surface area contributed by atoms with Crippen molar-refractivity contribution in [2.75, 3.05) is 6.61 Å². The molecule has 0 aromatic heterocycles. The van der Waals surface area contributed by atoms with Gasteiger partial charge in [-0.25, -0.2) is 0 Å². The quantitative estimate of drug-likeness (QED) is 0.756. The van der Waals surface area contributed by atoms with E-state index in [1.165, 1.54) is 5.56 Å². The lowest BCUT2D eigenvalue weighted by atomic mass is 9.89. The SMILES string of the molecule is CC(=O)CCC1CCOc2ccccc21. The maximum Gasteiger partial charge on any atom is 0.129 e. The first-order valence-corrected chi connectivity index (χ1v) is 5.48. The van der Waals surface area contributed by atoms with Gasteiger partial charge in [-0.1, -0.05) is 18.2 Å². The summed E-state index contributed by atoms with van der Waals surface area (Å²) in [5.74, 6) is 1.77. The normalized spacial score (nSPS) is 19.1. The van der Waals surface area contributed by atoms with Gasteiger partial charge in [-0.3, -0.25) is 0 Å². The summed E-state index contributed by atoms with van der Waals surface area (Å²) < 4.78 is 5.58. The van der Waals surface area contributed by atoms with Crippen LogP contribution in [0.25, 0.3) is 0 Å². The molecule has 1 aromatic rings. The van der Waals surface area contributed by atoms with E-state index in [-0.39, 0.29) is 5.78 Å². The molecule has 1 unspecified atom stereocenters. The van der Waals surface area contributed by atoms with Gasteiger partial charge in [0.2, 0.25) is 0 Å². The lowest BCUT2D eigenvalue weighted by molar-refractivity contribution is -0.117. The first kappa shape index (κ1) is 10.2. The minimum absolute atomic E-state index is 0.277. The second kappa shape index (κ2) is 4.47. The number of rotatable bonds is 3. The topological polar surface area (TPSA) is 26.3 Å². The lowest BCUT2D eigenvalue weighted by Crippen LogP contribution is -2.14. The highest BCUT2D eigenvalue weighted by Gasteiger charge is 2.20. The minimum Gasteiger partial charge on any atom is -0.493 e. The van der Waals surface area contributed by atoms with Crippen LogP contribution >= 0.6 is 0 Å². The summed E-state index contributed by atoms with van der Waals surface area (Å²) in [5, 5.41) is 0. The van der Waals surface area contributed by atoms with E-state index in [1.807, 2.05) is 18.2 Å². The lowest BCUT2D eigenvalue weighted by Gasteiger charge is -2.25. The number of para-hydroxylation sites is 1. The maximum absolute atomic E-state index is 11.0. The van der Waals surface area contributed by atoms with Gasteiger partial charge in [0, 0.05) is 6.42 Å². The van der Waals surface area contributed by atoms with E-state index in [4.69, 9.17) is 4.74 Å². The zero-order valence-corrected chi connectivity index (χ0v) is 9.03. The van der Waals surface area contributed by atoms with Gasteiger partial charge in [-0.15, -0.1) is 0 Å². The average Bonchev–Trinajstić information content (AvgIpc) is 2.26. The molecule has 2 rings (SSSR count). The molecule has 1 heterocycles. The number of Topliss-reactive ketones (excluding diaryl/α,β-unsaturated/α-hetero) is 1. The molecule has 0 spiro atoms. The number of carbonyl (C=O) groups excluding carboxylic acids is 1. The third kappa shape index (κ3) is 2.38. The Morgan fingerprint density at radius 1 is 1.47 bits per heavy atom. The molecule has 0 fully saturated rings. The van der Waals surface area contributed by atoms with Gasteiger partial charge in [-0.2, -0.15) is 0 Å². The Bertz CT molecular complexity index is 357. The van der Waals surface area contributed by atoms with Crippen molar-refractivity contribution in [2.45, 2.75) is 32.1 Å². The Labute approximate surface area is 90.3 Å². The third-order valence-corrected chi connectivity index (χ3v) is 2.93. The van der Waals surface area contributed by atoms with Gasteiger partial charge in [0.1, 0.15) is 11.5 Å². The summed E-state index contributed by atoms with van der Waals surface area (Å²) in [6.45, 7) is 2.44. The first-order valence-electron chi connectivity index (χ1n) is 5.48. The van der Waals surface area contributed by atoms with Crippen LogP contribution in [0, 0.1) is 0 Å². The molecule has 0 N–H and O–H groups in total. The summed E-state index contributed by atoms with van der Waals surface area (Å²) in [6, 6.07) is 8.15. The fourth-order valence-corrected chi connectivity index (χ4v) is 2.09. The Morgan fingerprint density at radius 3 is 3.07 bits per heavy atom. The van der Waals surface area contributed by atoms with Gasteiger partial charge >= 0.3 is 0 Å². The van der Waals surface area contributed by atoms with Gasteiger partial charge in [0.25, 0.3) is 0 Å². The van der Waals surface area contributed by atoms with Crippen molar-refractivity contribution in [3.05, 3.63) is 29.8 Å². The Balaban J connectivity index is 2.11. The Kier molecular flexibility index (Phi) is 3.05. The Morgan fingerprint density at radius 2 is 2.27 bits per heavy atom. The summed E-state index contributed by atoms with van der Waals surface area (Å²) in [6.07, 6.45) is 2.67. The average molecular weight is 204 g/mol. The van der Waals surface area contributed by atoms with E-state index in [2.05, 4.69) is 6.07 Å². The van der Waals surface area contributed by atoms with Crippen molar-refractivity contribution < 1.29 is 9.53 Å². The molecule has 1 aromatic carbocycles. The number of ketones is 1. The highest BCUT2D eigenvalue weighted by atomic mass is 16.5. The van der Waals surface area contributed by atoms with Gasteiger partial charge in [0.15, 0.2) is 0 Å². The van der Waals surface area contributed by atoms with Gasteiger partial charge in [0.05, 0.1) is 6.61 Å². The van der Waals surface area contributed by atoms with Crippen LogP contribution in [0.3, 0.4) is 0 Å². The molecule has 2 nitrogen and oxygen atoms in total. The molecular weight excluding hydrogens is 188 g/mol. The molecule has 0 saturated heterocycles. The van der Waals surface area contributed by atoms with Gasteiger partial charge < -0.3 is 9.53 Å². The molecule has 1 atom stereocenters. The number of hydrogen-bond donors (Lipinski definition) is 0. The molecule has 1 aliphatic rings. The predicted molar refractivity (Wildman–Crippen MR) is 59.2 cm³/mol. The van der Waals surface area contributed by atoms with Crippen molar-refractivity contribution in [1.82, 2.24) is 0 Å². The fourth-order valence-electron chi connectivity index (χ4n) is 2.09. The number of benzene rings is 1. The molecule has 0 radical (unpaired) electrons. The molecule has 0 aliphatic carbocycles. The van der Waals surface area contributed by atoms with Crippen LogP contribution in [0.2, 0.25) is 0 Å². The van der Waals surface area contributed by atoms with Crippen LogP contribution in [0.4, 0.5) is 0 Å². The van der Waals surface area contributed by atoms with Crippen LogP contribution in [-0.2, 0) is 4.79 Å². The van der Waals surface area contributed by atoms with Crippen LogP contribution in [-0.4, -0.2) is 12.4 Å². The van der Waals surface area contributed by atoms with Gasteiger partial charge in [-0.05, 0) is 37.3 Å². The van der Waals surface area contributed by atoms with Crippen LogP contribution in [0.5, 0.6) is 5.75 Å². The standard InChI is InChI=1S/C13H16O2/c1-10(14)6-7-11-8-9-15-13-5-3-2-4-12(11)13/h2-5,11H,6-9H2,1H3. The van der Waals surface area contributed by atoms with Crippen molar-refractivity contribution in [3.8, 4) is 5.75 Å². The summed E-state index contributed by atoms with van der Waals surface area (Å²) in [5.41, 5.74) is 1.27. The monoisotopic (exact) mass is 204 g/mol. The molecule has 0 amide bonds. The highest BCUT2D eigenvalue weighted by molar-refractivity contribution is 5.75. The zero-order chi connectivity index (χ0) is 10.7. The van der Waals surface area contributed by atoms with E-state index in [1.54, 1.807) is 6.92 Å². The molecule has 0 bridgehead atoms. The molecule has 0 saturated carbocycles. The number of hydrogen-bond acceptors (Lipinski definition) is 2. The molecule has 1 aliphatic heterocycles. The number of ether oxygens (including phenoxy) is 1. The maximum atomic E-state index is 11.0. The van der Waals surface area contributed by atoms with Crippen molar-refractivity contribution >= 4 is 5.78 Å². The van der Waals surface area contributed by atoms with Crippen LogP contribution in [0.15, 0.2) is 24.3 Å². The van der Waals surface area contributed by atoms with E-state index >= 15 is 0 Å². The number of fused-ring (bicyclic) bond motifs is 1. The van der Waals surface area contributed by atoms with E-state index in [0.717, 1.165) is 25.2 Å². The second-order valence-electron chi connectivity index (χ2n) is 4.11.